The molecule has 1 aliphatic heterocycles. The summed E-state index contributed by atoms with van der Waals surface area (Å²) in [5.74, 6) is 0.637. The number of hydrogen-bond donors (Lipinski definition) is 2. The number of rotatable bonds is 7. The van der Waals surface area contributed by atoms with Gasteiger partial charge in [-0.2, -0.15) is 4.31 Å². The molecule has 1 amide bonds. The number of benzene rings is 1. The fraction of sp³-hybridized carbons (Fsp3) is 0.611. The average Bonchev–Trinajstić information content (AvgIpc) is 2.61. The summed E-state index contributed by atoms with van der Waals surface area (Å²) in [5.41, 5.74) is -0.212. The number of ether oxygens (including phenoxy) is 1. The highest BCUT2D eigenvalue weighted by Gasteiger charge is 2.31. The van der Waals surface area contributed by atoms with Gasteiger partial charge in [0, 0.05) is 5.54 Å². The summed E-state index contributed by atoms with van der Waals surface area (Å²) in [4.78, 5) is 13.5. The number of carbonyl (C=O) groups is 1. The minimum absolute atomic E-state index is 0.0123. The molecule has 0 aliphatic carbocycles. The molecule has 146 valence electrons. The van der Waals surface area contributed by atoms with E-state index in [-0.39, 0.29) is 16.3 Å². The SMILES string of the molecule is CCC(C)(C)NC(=O)C[NH+]1CCN(S(=O)(=O)c2ccc(OC)cc2)CC1. The Balaban J connectivity index is 1.91. The van der Waals surface area contributed by atoms with Crippen LogP contribution in [0.4, 0.5) is 0 Å². The predicted molar refractivity (Wildman–Crippen MR) is 99.8 cm³/mol. The van der Waals surface area contributed by atoms with Crippen LogP contribution in [-0.2, 0) is 14.8 Å². The first kappa shape index (κ1) is 20.7. The van der Waals surface area contributed by atoms with Crippen molar-refractivity contribution in [1.82, 2.24) is 9.62 Å². The number of nitrogens with one attached hydrogen (secondary N) is 2. The van der Waals surface area contributed by atoms with Crippen LogP contribution in [0.1, 0.15) is 27.2 Å². The summed E-state index contributed by atoms with van der Waals surface area (Å²) < 4.78 is 32.0. The fourth-order valence-corrected chi connectivity index (χ4v) is 4.29. The molecule has 0 aromatic heterocycles. The Kier molecular flexibility index (Phi) is 6.65. The van der Waals surface area contributed by atoms with Gasteiger partial charge in [0.25, 0.3) is 5.91 Å². The minimum atomic E-state index is -3.51. The molecule has 1 fully saturated rings. The zero-order valence-corrected chi connectivity index (χ0v) is 16.9. The van der Waals surface area contributed by atoms with E-state index in [1.165, 1.54) is 4.31 Å². The highest BCUT2D eigenvalue weighted by atomic mass is 32.2. The molecule has 0 saturated carbocycles. The highest BCUT2D eigenvalue weighted by molar-refractivity contribution is 7.89. The largest absolute Gasteiger partial charge is 0.497 e. The molecule has 2 N–H and O–H groups in total. The number of hydrogen-bond acceptors (Lipinski definition) is 4. The molecule has 0 atom stereocenters. The first-order valence-electron chi connectivity index (χ1n) is 8.97. The van der Waals surface area contributed by atoms with Gasteiger partial charge in [-0.25, -0.2) is 8.42 Å². The number of amides is 1. The van der Waals surface area contributed by atoms with Gasteiger partial charge in [-0.15, -0.1) is 0 Å². The normalized spacial score (nSPS) is 17.1. The molecule has 1 aromatic rings. The van der Waals surface area contributed by atoms with Crippen molar-refractivity contribution in [1.29, 1.82) is 0 Å². The zero-order valence-electron chi connectivity index (χ0n) is 16.0. The summed E-state index contributed by atoms with van der Waals surface area (Å²) in [5, 5.41) is 3.03. The number of quaternary nitrogens is 1. The minimum Gasteiger partial charge on any atom is -0.497 e. The quantitative estimate of drug-likeness (QED) is 0.687. The number of nitrogens with zero attached hydrogens (tertiary/aromatic N) is 1. The number of piperazine rings is 1. The van der Waals surface area contributed by atoms with Gasteiger partial charge in [0.2, 0.25) is 10.0 Å². The van der Waals surface area contributed by atoms with Gasteiger partial charge in [-0.1, -0.05) is 6.92 Å². The van der Waals surface area contributed by atoms with Gasteiger partial charge in [0.15, 0.2) is 6.54 Å². The molecule has 1 saturated heterocycles. The van der Waals surface area contributed by atoms with Crippen LogP contribution < -0.4 is 15.0 Å². The predicted octanol–water partition coefficient (Wildman–Crippen LogP) is -0.111. The molecular weight excluding hydrogens is 354 g/mol. The summed E-state index contributed by atoms with van der Waals surface area (Å²) >= 11 is 0. The van der Waals surface area contributed by atoms with E-state index in [9.17, 15) is 13.2 Å². The highest BCUT2D eigenvalue weighted by Crippen LogP contribution is 2.19. The number of sulfonamides is 1. The Bertz CT molecular complexity index is 708. The Labute approximate surface area is 156 Å². The first-order chi connectivity index (χ1) is 12.2. The van der Waals surface area contributed by atoms with Gasteiger partial charge >= 0.3 is 0 Å². The van der Waals surface area contributed by atoms with Gasteiger partial charge in [0.05, 0.1) is 38.2 Å². The zero-order chi connectivity index (χ0) is 19.4. The van der Waals surface area contributed by atoms with Crippen molar-refractivity contribution in [2.45, 2.75) is 37.6 Å². The standard InChI is InChI=1S/C18H29N3O4S/c1-5-18(2,3)19-17(22)14-20-10-12-21(13-11-20)26(23,24)16-8-6-15(25-4)7-9-16/h6-9H,5,10-14H2,1-4H3,(H,19,22)/p+1. The fourth-order valence-electron chi connectivity index (χ4n) is 2.85. The van der Waals surface area contributed by atoms with Crippen LogP contribution in [0.2, 0.25) is 0 Å². The smallest absolute Gasteiger partial charge is 0.275 e. The van der Waals surface area contributed by atoms with Crippen LogP contribution in [0.3, 0.4) is 0 Å². The van der Waals surface area contributed by atoms with E-state index in [1.807, 2.05) is 20.8 Å². The van der Waals surface area contributed by atoms with Crippen LogP contribution in [0, 0.1) is 0 Å². The molecule has 7 nitrogen and oxygen atoms in total. The van der Waals surface area contributed by atoms with Gasteiger partial charge in [-0.05, 0) is 44.5 Å². The van der Waals surface area contributed by atoms with E-state index in [1.54, 1.807) is 31.4 Å². The maximum atomic E-state index is 12.7. The van der Waals surface area contributed by atoms with Crippen molar-refractivity contribution in [3.05, 3.63) is 24.3 Å². The Hall–Kier alpha value is -1.64. The van der Waals surface area contributed by atoms with E-state index >= 15 is 0 Å². The summed E-state index contributed by atoms with van der Waals surface area (Å²) in [6, 6.07) is 6.42. The molecule has 1 aliphatic rings. The third kappa shape index (κ3) is 5.18. The lowest BCUT2D eigenvalue weighted by molar-refractivity contribution is -0.895. The van der Waals surface area contributed by atoms with Crippen LogP contribution in [-0.4, -0.2) is 64.0 Å². The average molecular weight is 385 g/mol. The molecule has 8 heteroatoms. The molecule has 2 rings (SSSR count). The van der Waals surface area contributed by atoms with Crippen LogP contribution in [0.25, 0.3) is 0 Å². The summed E-state index contributed by atoms with van der Waals surface area (Å²) in [6.07, 6.45) is 0.863. The lowest BCUT2D eigenvalue weighted by Gasteiger charge is -2.32. The molecule has 0 radical (unpaired) electrons. The van der Waals surface area contributed by atoms with Crippen molar-refractivity contribution in [3.8, 4) is 5.75 Å². The lowest BCUT2D eigenvalue weighted by Crippen LogP contribution is -3.16. The number of carbonyl (C=O) groups excluding carboxylic acids is 1. The van der Waals surface area contributed by atoms with E-state index < -0.39 is 10.0 Å². The van der Waals surface area contributed by atoms with Crippen molar-refractivity contribution in [3.63, 3.8) is 0 Å². The van der Waals surface area contributed by atoms with Crippen molar-refractivity contribution in [2.24, 2.45) is 0 Å². The topological polar surface area (TPSA) is 80.2 Å². The second-order valence-electron chi connectivity index (χ2n) is 7.29. The Morgan fingerprint density at radius 2 is 1.81 bits per heavy atom. The summed E-state index contributed by atoms with van der Waals surface area (Å²) in [6.45, 7) is 8.47. The Morgan fingerprint density at radius 3 is 2.31 bits per heavy atom. The van der Waals surface area contributed by atoms with E-state index in [4.69, 9.17) is 4.74 Å². The van der Waals surface area contributed by atoms with Crippen molar-refractivity contribution < 1.29 is 22.8 Å². The maximum absolute atomic E-state index is 12.7. The Morgan fingerprint density at radius 1 is 1.23 bits per heavy atom. The molecule has 0 spiro atoms. The third-order valence-electron chi connectivity index (χ3n) is 4.90. The molecule has 1 aromatic carbocycles. The first-order valence-corrected chi connectivity index (χ1v) is 10.4. The van der Waals surface area contributed by atoms with Crippen molar-refractivity contribution >= 4 is 15.9 Å². The van der Waals surface area contributed by atoms with Crippen LogP contribution in [0.5, 0.6) is 5.75 Å². The number of methoxy groups -OCH3 is 1. The lowest BCUT2D eigenvalue weighted by atomic mass is 10.0. The van der Waals surface area contributed by atoms with E-state index in [0.717, 1.165) is 11.3 Å². The van der Waals surface area contributed by atoms with Gasteiger partial charge < -0.3 is 15.0 Å². The second kappa shape index (κ2) is 8.37. The van der Waals surface area contributed by atoms with E-state index in [2.05, 4.69) is 5.32 Å². The van der Waals surface area contributed by atoms with Crippen molar-refractivity contribution in [2.75, 3.05) is 39.8 Å². The molecule has 0 unspecified atom stereocenters. The maximum Gasteiger partial charge on any atom is 0.275 e. The van der Waals surface area contributed by atoms with Crippen LogP contribution >= 0.6 is 0 Å². The van der Waals surface area contributed by atoms with Crippen LogP contribution in [0.15, 0.2) is 29.2 Å². The third-order valence-corrected chi connectivity index (χ3v) is 6.81. The van der Waals surface area contributed by atoms with Gasteiger partial charge in [0.1, 0.15) is 5.75 Å². The molecule has 26 heavy (non-hydrogen) atoms. The van der Waals surface area contributed by atoms with Gasteiger partial charge in [-0.3, -0.25) is 4.79 Å². The summed E-state index contributed by atoms with van der Waals surface area (Å²) in [7, 11) is -1.96. The molecular formula is C18H30N3O4S+. The molecule has 1 heterocycles. The second-order valence-corrected chi connectivity index (χ2v) is 9.23. The van der Waals surface area contributed by atoms with E-state index in [0.29, 0.717) is 38.5 Å². The monoisotopic (exact) mass is 384 g/mol. The molecule has 0 bridgehead atoms.